The van der Waals surface area contributed by atoms with Gasteiger partial charge in [0.05, 0.1) is 10.7 Å². The van der Waals surface area contributed by atoms with Crippen LogP contribution in [-0.4, -0.2) is 29.4 Å². The van der Waals surface area contributed by atoms with E-state index in [1.807, 2.05) is 13.8 Å². The zero-order chi connectivity index (χ0) is 16.9. The topological polar surface area (TPSA) is 71.1 Å². The summed E-state index contributed by atoms with van der Waals surface area (Å²) in [6.45, 7) is 12.2. The molecular formula is C16H27N3O2S. The van der Waals surface area contributed by atoms with E-state index in [-0.39, 0.29) is 23.1 Å². The number of aromatic nitrogens is 1. The van der Waals surface area contributed by atoms with Crippen molar-refractivity contribution in [3.05, 3.63) is 16.1 Å². The Hall–Kier alpha value is -1.43. The molecule has 1 heterocycles. The molecule has 0 aromatic carbocycles. The molecule has 1 aromatic rings. The van der Waals surface area contributed by atoms with Gasteiger partial charge in [0.25, 0.3) is 0 Å². The van der Waals surface area contributed by atoms with Crippen molar-refractivity contribution in [1.29, 1.82) is 0 Å². The lowest BCUT2D eigenvalue weighted by molar-refractivity contribution is -0.129. The first-order chi connectivity index (χ1) is 10.1. The fourth-order valence-corrected chi connectivity index (χ4v) is 2.95. The summed E-state index contributed by atoms with van der Waals surface area (Å²) >= 11 is 1.62. The molecule has 0 saturated heterocycles. The van der Waals surface area contributed by atoms with Gasteiger partial charge in [0.2, 0.25) is 11.8 Å². The van der Waals surface area contributed by atoms with Gasteiger partial charge < -0.3 is 10.6 Å². The lowest BCUT2D eigenvalue weighted by Crippen LogP contribution is -2.49. The fourth-order valence-electron chi connectivity index (χ4n) is 1.93. The minimum Gasteiger partial charge on any atom is -0.354 e. The normalized spacial score (nSPS) is 13.0. The van der Waals surface area contributed by atoms with Crippen LogP contribution in [0.2, 0.25) is 0 Å². The number of amides is 2. The van der Waals surface area contributed by atoms with Crippen molar-refractivity contribution in [3.8, 4) is 0 Å². The van der Waals surface area contributed by atoms with E-state index >= 15 is 0 Å². The Labute approximate surface area is 136 Å². The number of hydrogen-bond acceptors (Lipinski definition) is 4. The summed E-state index contributed by atoms with van der Waals surface area (Å²) in [6.07, 6.45) is 0.706. The molecule has 0 aliphatic rings. The standard InChI is InChI=1S/C16H27N3O2S/c1-10(2)14(18-11(3)20)15(21)17-8-7-13-19-12(9-22-13)16(4,5)6/h9-10,14H,7-8H2,1-6H3,(H,17,21)(H,18,20)/t14-/m0/s1. The van der Waals surface area contributed by atoms with Crippen molar-refractivity contribution in [2.24, 2.45) is 5.92 Å². The highest BCUT2D eigenvalue weighted by Crippen LogP contribution is 2.23. The Kier molecular flexibility index (Phi) is 6.53. The maximum Gasteiger partial charge on any atom is 0.242 e. The maximum atomic E-state index is 12.1. The van der Waals surface area contributed by atoms with Crippen LogP contribution in [0.5, 0.6) is 0 Å². The summed E-state index contributed by atoms with van der Waals surface area (Å²) in [4.78, 5) is 27.9. The predicted molar refractivity (Wildman–Crippen MR) is 90.0 cm³/mol. The molecule has 1 atom stereocenters. The molecule has 22 heavy (non-hydrogen) atoms. The van der Waals surface area contributed by atoms with Crippen LogP contribution in [-0.2, 0) is 21.4 Å². The number of nitrogens with zero attached hydrogens (tertiary/aromatic N) is 1. The number of nitrogens with one attached hydrogen (secondary N) is 2. The highest BCUT2D eigenvalue weighted by Gasteiger charge is 2.22. The van der Waals surface area contributed by atoms with Gasteiger partial charge in [0.1, 0.15) is 6.04 Å². The highest BCUT2D eigenvalue weighted by molar-refractivity contribution is 7.09. The second-order valence-electron chi connectivity index (χ2n) is 6.84. The van der Waals surface area contributed by atoms with Gasteiger partial charge in [0.15, 0.2) is 0 Å². The van der Waals surface area contributed by atoms with Crippen LogP contribution in [0.1, 0.15) is 52.2 Å². The monoisotopic (exact) mass is 325 g/mol. The largest absolute Gasteiger partial charge is 0.354 e. The molecule has 0 radical (unpaired) electrons. The molecule has 0 unspecified atom stereocenters. The van der Waals surface area contributed by atoms with Crippen LogP contribution < -0.4 is 10.6 Å². The zero-order valence-electron chi connectivity index (χ0n) is 14.3. The van der Waals surface area contributed by atoms with E-state index < -0.39 is 6.04 Å². The average molecular weight is 325 g/mol. The first-order valence-electron chi connectivity index (χ1n) is 7.61. The molecule has 0 aliphatic carbocycles. The van der Waals surface area contributed by atoms with Crippen molar-refractivity contribution in [2.75, 3.05) is 6.54 Å². The molecule has 2 amide bonds. The minimum atomic E-state index is -0.487. The van der Waals surface area contributed by atoms with E-state index in [4.69, 9.17) is 0 Å². The van der Waals surface area contributed by atoms with Gasteiger partial charge in [-0.15, -0.1) is 11.3 Å². The lowest BCUT2D eigenvalue weighted by Gasteiger charge is -2.20. The van der Waals surface area contributed by atoms with E-state index in [2.05, 4.69) is 41.8 Å². The number of carbonyl (C=O) groups is 2. The van der Waals surface area contributed by atoms with Gasteiger partial charge in [-0.3, -0.25) is 9.59 Å². The van der Waals surface area contributed by atoms with Crippen LogP contribution in [0.3, 0.4) is 0 Å². The van der Waals surface area contributed by atoms with Crippen LogP contribution in [0, 0.1) is 5.92 Å². The van der Waals surface area contributed by atoms with Gasteiger partial charge in [-0.25, -0.2) is 4.98 Å². The third-order valence-corrected chi connectivity index (χ3v) is 4.17. The Balaban J connectivity index is 2.50. The Morgan fingerprint density at radius 2 is 1.95 bits per heavy atom. The molecule has 5 nitrogen and oxygen atoms in total. The predicted octanol–water partition coefficient (Wildman–Crippen LogP) is 2.26. The maximum absolute atomic E-state index is 12.1. The van der Waals surface area contributed by atoms with E-state index in [0.717, 1.165) is 10.7 Å². The van der Waals surface area contributed by atoms with Crippen molar-refractivity contribution < 1.29 is 9.59 Å². The third kappa shape index (κ3) is 5.75. The lowest BCUT2D eigenvalue weighted by atomic mass is 9.93. The summed E-state index contributed by atoms with van der Waals surface area (Å²) < 4.78 is 0. The summed E-state index contributed by atoms with van der Waals surface area (Å²) in [6, 6.07) is -0.487. The summed E-state index contributed by atoms with van der Waals surface area (Å²) in [5.41, 5.74) is 1.13. The molecule has 2 N–H and O–H groups in total. The van der Waals surface area contributed by atoms with Crippen LogP contribution in [0.15, 0.2) is 5.38 Å². The van der Waals surface area contributed by atoms with Crippen molar-refractivity contribution in [1.82, 2.24) is 15.6 Å². The van der Waals surface area contributed by atoms with Crippen LogP contribution in [0.25, 0.3) is 0 Å². The smallest absolute Gasteiger partial charge is 0.242 e. The van der Waals surface area contributed by atoms with Crippen molar-refractivity contribution in [3.63, 3.8) is 0 Å². The summed E-state index contributed by atoms with van der Waals surface area (Å²) in [5.74, 6) is -0.280. The van der Waals surface area contributed by atoms with Crippen LogP contribution >= 0.6 is 11.3 Å². The third-order valence-electron chi connectivity index (χ3n) is 3.27. The second-order valence-corrected chi connectivity index (χ2v) is 7.78. The van der Waals surface area contributed by atoms with Gasteiger partial charge in [-0.1, -0.05) is 34.6 Å². The minimum absolute atomic E-state index is 0.0478. The second kappa shape index (κ2) is 7.72. The van der Waals surface area contributed by atoms with E-state index in [0.29, 0.717) is 13.0 Å². The number of carbonyl (C=O) groups excluding carboxylic acids is 2. The molecule has 6 heteroatoms. The van der Waals surface area contributed by atoms with Gasteiger partial charge >= 0.3 is 0 Å². The highest BCUT2D eigenvalue weighted by atomic mass is 32.1. The van der Waals surface area contributed by atoms with Crippen LogP contribution in [0.4, 0.5) is 0 Å². The van der Waals surface area contributed by atoms with Gasteiger partial charge in [-0.05, 0) is 5.92 Å². The Morgan fingerprint density at radius 1 is 1.32 bits per heavy atom. The summed E-state index contributed by atoms with van der Waals surface area (Å²) in [7, 11) is 0. The average Bonchev–Trinajstić information content (AvgIpc) is 2.84. The van der Waals surface area contributed by atoms with E-state index in [1.165, 1.54) is 6.92 Å². The zero-order valence-corrected chi connectivity index (χ0v) is 15.1. The first-order valence-corrected chi connectivity index (χ1v) is 8.49. The number of thiazole rings is 1. The molecule has 0 saturated carbocycles. The fraction of sp³-hybridized carbons (Fsp3) is 0.688. The molecule has 1 aromatic heterocycles. The molecule has 124 valence electrons. The first kappa shape index (κ1) is 18.6. The molecule has 0 fully saturated rings. The van der Waals surface area contributed by atoms with Crippen molar-refractivity contribution in [2.45, 2.75) is 59.4 Å². The molecule has 0 aliphatic heterocycles. The number of rotatable bonds is 6. The molecule has 1 rings (SSSR count). The van der Waals surface area contributed by atoms with E-state index in [1.54, 1.807) is 11.3 Å². The molecule has 0 spiro atoms. The molecule has 0 bridgehead atoms. The Bertz CT molecular complexity index is 518. The van der Waals surface area contributed by atoms with Gasteiger partial charge in [0, 0.05) is 30.7 Å². The molecular weight excluding hydrogens is 298 g/mol. The Morgan fingerprint density at radius 3 is 2.41 bits per heavy atom. The summed E-state index contributed by atoms with van der Waals surface area (Å²) in [5, 5.41) is 8.66. The van der Waals surface area contributed by atoms with Crippen molar-refractivity contribution >= 4 is 23.2 Å². The SMILES string of the molecule is CC(=O)N[C@H](C(=O)NCCc1nc(C(C)(C)C)cs1)C(C)C. The quantitative estimate of drug-likeness (QED) is 0.843. The van der Waals surface area contributed by atoms with Gasteiger partial charge in [-0.2, -0.15) is 0 Å². The number of hydrogen-bond donors (Lipinski definition) is 2. The van der Waals surface area contributed by atoms with E-state index in [9.17, 15) is 9.59 Å².